The van der Waals surface area contributed by atoms with Crippen LogP contribution in [-0.4, -0.2) is 39.0 Å². The zero-order valence-corrected chi connectivity index (χ0v) is 17.7. The smallest absolute Gasteiger partial charge is 0.226 e. The highest BCUT2D eigenvalue weighted by atomic mass is 32.1. The minimum absolute atomic E-state index is 0.200. The number of phenolic OH excluding ortho intramolecular Hbond substituents is 1. The molecule has 1 fully saturated rings. The lowest BCUT2D eigenvalue weighted by Gasteiger charge is -2.15. The summed E-state index contributed by atoms with van der Waals surface area (Å²) in [5, 5.41) is 13.0. The fourth-order valence-electron chi connectivity index (χ4n) is 3.85. The van der Waals surface area contributed by atoms with Gasteiger partial charge < -0.3 is 15.3 Å². The van der Waals surface area contributed by atoms with E-state index in [0.717, 1.165) is 57.8 Å². The number of hydrogen-bond donors (Lipinski definition) is 2. The van der Waals surface area contributed by atoms with E-state index in [1.54, 1.807) is 29.5 Å². The second-order valence-electron chi connectivity index (χ2n) is 7.68. The third-order valence-electron chi connectivity index (χ3n) is 5.47. The molecule has 6 nitrogen and oxygen atoms in total. The molecule has 4 aromatic rings. The van der Waals surface area contributed by atoms with Gasteiger partial charge in [-0.15, -0.1) is 11.3 Å². The van der Waals surface area contributed by atoms with E-state index in [-0.39, 0.29) is 11.7 Å². The summed E-state index contributed by atoms with van der Waals surface area (Å²) in [6.07, 6.45) is 4.22. The molecule has 1 aliphatic rings. The van der Waals surface area contributed by atoms with Crippen LogP contribution in [0.5, 0.6) is 5.75 Å². The molecule has 2 aromatic carbocycles. The summed E-state index contributed by atoms with van der Waals surface area (Å²) in [7, 11) is 0. The number of likely N-dealkylation sites (tertiary alicyclic amines) is 1. The number of hydrogen-bond acceptors (Lipinski definition) is 6. The van der Waals surface area contributed by atoms with Crippen LogP contribution in [-0.2, 0) is 11.2 Å². The number of thiophene rings is 1. The molecule has 2 aromatic heterocycles. The number of benzene rings is 2. The van der Waals surface area contributed by atoms with Crippen molar-refractivity contribution in [2.45, 2.75) is 19.3 Å². The molecule has 0 aliphatic carbocycles. The normalized spacial score (nSPS) is 13.6. The molecule has 3 heterocycles. The lowest BCUT2D eigenvalue weighted by Crippen LogP contribution is -2.28. The monoisotopic (exact) mass is 430 g/mol. The number of nitrogens with one attached hydrogen (secondary N) is 1. The first-order valence-electron chi connectivity index (χ1n) is 10.3. The maximum Gasteiger partial charge on any atom is 0.226 e. The number of amides is 1. The van der Waals surface area contributed by atoms with E-state index >= 15 is 0 Å². The van der Waals surface area contributed by atoms with Gasteiger partial charge in [-0.3, -0.25) is 4.79 Å². The van der Waals surface area contributed by atoms with Gasteiger partial charge in [0.2, 0.25) is 5.91 Å². The predicted octanol–water partition coefficient (Wildman–Crippen LogP) is 4.97. The molecule has 7 heteroatoms. The van der Waals surface area contributed by atoms with Crippen molar-refractivity contribution in [2.75, 3.05) is 18.4 Å². The average molecular weight is 431 g/mol. The van der Waals surface area contributed by atoms with Gasteiger partial charge >= 0.3 is 0 Å². The van der Waals surface area contributed by atoms with Crippen LogP contribution in [0.1, 0.15) is 18.4 Å². The molecule has 5 rings (SSSR count). The molecular weight excluding hydrogens is 408 g/mol. The van der Waals surface area contributed by atoms with Gasteiger partial charge in [0.15, 0.2) is 5.82 Å². The van der Waals surface area contributed by atoms with Gasteiger partial charge in [0.1, 0.15) is 12.1 Å². The van der Waals surface area contributed by atoms with E-state index in [4.69, 9.17) is 0 Å². The van der Waals surface area contributed by atoms with E-state index in [2.05, 4.69) is 33.5 Å². The van der Waals surface area contributed by atoms with Crippen LogP contribution in [0.3, 0.4) is 0 Å². The Labute approximate surface area is 184 Å². The van der Waals surface area contributed by atoms with Gasteiger partial charge in [0.05, 0.1) is 16.6 Å². The number of carbonyl (C=O) groups is 1. The van der Waals surface area contributed by atoms with Gasteiger partial charge in [0.25, 0.3) is 0 Å². The standard InChI is InChI=1S/C24H22N4O2S/c29-19-5-3-4-18(13-19)27-24-23-20(25-15-26-24)14-21(31-23)17-8-6-16(7-9-17)12-22(30)28-10-1-2-11-28/h3-9,13-15,29H,1-2,10-12H2,(H,25,26,27). The van der Waals surface area contributed by atoms with Crippen LogP contribution in [0.4, 0.5) is 11.5 Å². The average Bonchev–Trinajstić information content (AvgIpc) is 3.45. The van der Waals surface area contributed by atoms with Crippen molar-refractivity contribution in [3.05, 3.63) is 66.5 Å². The van der Waals surface area contributed by atoms with Crippen molar-refractivity contribution >= 4 is 39.0 Å². The van der Waals surface area contributed by atoms with Gasteiger partial charge in [-0.25, -0.2) is 9.97 Å². The molecule has 1 saturated heterocycles. The highest BCUT2D eigenvalue weighted by molar-refractivity contribution is 7.22. The largest absolute Gasteiger partial charge is 0.508 e. The van der Waals surface area contributed by atoms with Crippen LogP contribution in [0.25, 0.3) is 20.7 Å². The number of carbonyl (C=O) groups excluding carboxylic acids is 1. The highest BCUT2D eigenvalue weighted by Gasteiger charge is 2.18. The third kappa shape index (κ3) is 4.22. The number of phenols is 1. The van der Waals surface area contributed by atoms with Crippen LogP contribution in [0, 0.1) is 0 Å². The number of aromatic hydroxyl groups is 1. The topological polar surface area (TPSA) is 78.3 Å². The van der Waals surface area contributed by atoms with E-state index in [0.29, 0.717) is 12.2 Å². The number of nitrogens with zero attached hydrogens (tertiary/aromatic N) is 3. The van der Waals surface area contributed by atoms with E-state index in [1.165, 1.54) is 6.33 Å². The molecule has 0 unspecified atom stereocenters. The van der Waals surface area contributed by atoms with Crippen molar-refractivity contribution in [1.82, 2.24) is 14.9 Å². The summed E-state index contributed by atoms with van der Waals surface area (Å²) < 4.78 is 0.953. The maximum atomic E-state index is 12.4. The molecule has 1 aliphatic heterocycles. The highest BCUT2D eigenvalue weighted by Crippen LogP contribution is 2.36. The Balaban J connectivity index is 1.37. The Kier molecular flexibility index (Phi) is 5.26. The molecule has 0 radical (unpaired) electrons. The molecule has 1 amide bonds. The molecule has 0 spiro atoms. The van der Waals surface area contributed by atoms with E-state index in [1.807, 2.05) is 23.1 Å². The van der Waals surface area contributed by atoms with Crippen LogP contribution in [0.2, 0.25) is 0 Å². The Morgan fingerprint density at radius 1 is 1.06 bits per heavy atom. The quantitative estimate of drug-likeness (QED) is 0.467. The number of anilines is 2. The minimum Gasteiger partial charge on any atom is -0.508 e. The van der Waals surface area contributed by atoms with Gasteiger partial charge in [0, 0.05) is 29.7 Å². The lowest BCUT2D eigenvalue weighted by molar-refractivity contribution is -0.129. The zero-order chi connectivity index (χ0) is 21.2. The van der Waals surface area contributed by atoms with Gasteiger partial charge in [-0.2, -0.15) is 0 Å². The first-order chi connectivity index (χ1) is 15.2. The molecular formula is C24H22N4O2S. The molecule has 0 saturated carbocycles. The summed E-state index contributed by atoms with van der Waals surface area (Å²) in [4.78, 5) is 24.2. The zero-order valence-electron chi connectivity index (χ0n) is 16.9. The summed E-state index contributed by atoms with van der Waals surface area (Å²) in [5.41, 5.74) is 3.75. The first-order valence-corrected chi connectivity index (χ1v) is 11.1. The lowest BCUT2D eigenvalue weighted by atomic mass is 10.1. The van der Waals surface area contributed by atoms with E-state index < -0.39 is 0 Å². The Morgan fingerprint density at radius 2 is 1.87 bits per heavy atom. The van der Waals surface area contributed by atoms with Gasteiger partial charge in [-0.1, -0.05) is 30.3 Å². The fourth-order valence-corrected chi connectivity index (χ4v) is 4.91. The van der Waals surface area contributed by atoms with E-state index in [9.17, 15) is 9.90 Å². The van der Waals surface area contributed by atoms with Crippen LogP contribution < -0.4 is 5.32 Å². The number of fused-ring (bicyclic) bond motifs is 1. The third-order valence-corrected chi connectivity index (χ3v) is 6.65. The van der Waals surface area contributed by atoms with Crippen LogP contribution >= 0.6 is 11.3 Å². The second-order valence-corrected chi connectivity index (χ2v) is 8.74. The maximum absolute atomic E-state index is 12.4. The van der Waals surface area contributed by atoms with Crippen molar-refractivity contribution < 1.29 is 9.90 Å². The van der Waals surface area contributed by atoms with Crippen molar-refractivity contribution in [1.29, 1.82) is 0 Å². The minimum atomic E-state index is 0.200. The molecule has 156 valence electrons. The SMILES string of the molecule is O=C(Cc1ccc(-c2cc3ncnc(Nc4cccc(O)c4)c3s2)cc1)N1CCCC1. The van der Waals surface area contributed by atoms with Gasteiger partial charge in [-0.05, 0) is 42.2 Å². The summed E-state index contributed by atoms with van der Waals surface area (Å²) in [5.74, 6) is 1.12. The molecule has 2 N–H and O–H groups in total. The van der Waals surface area contributed by atoms with Crippen LogP contribution in [0.15, 0.2) is 60.9 Å². The summed E-state index contributed by atoms with van der Waals surface area (Å²) in [6.45, 7) is 1.78. The number of aromatic nitrogens is 2. The second kappa shape index (κ2) is 8.35. The first kappa shape index (κ1) is 19.5. The van der Waals surface area contributed by atoms with Crippen molar-refractivity contribution in [3.63, 3.8) is 0 Å². The predicted molar refractivity (Wildman–Crippen MR) is 124 cm³/mol. The molecule has 31 heavy (non-hydrogen) atoms. The Bertz CT molecular complexity index is 1230. The fraction of sp³-hybridized carbons (Fsp3) is 0.208. The Morgan fingerprint density at radius 3 is 2.65 bits per heavy atom. The Hall–Kier alpha value is -3.45. The summed E-state index contributed by atoms with van der Waals surface area (Å²) >= 11 is 1.62. The van der Waals surface area contributed by atoms with Crippen molar-refractivity contribution in [2.24, 2.45) is 0 Å². The molecule has 0 atom stereocenters. The molecule has 0 bridgehead atoms. The summed E-state index contributed by atoms with van der Waals surface area (Å²) in [6, 6.07) is 17.2. The number of rotatable bonds is 5. The van der Waals surface area contributed by atoms with Crippen molar-refractivity contribution in [3.8, 4) is 16.2 Å².